The van der Waals surface area contributed by atoms with E-state index in [2.05, 4.69) is 15.1 Å². The Labute approximate surface area is 151 Å². The number of hydrogen-bond acceptors (Lipinski definition) is 4. The van der Waals surface area contributed by atoms with Crippen molar-refractivity contribution in [2.75, 3.05) is 0 Å². The molecule has 4 aromatic rings. The molecule has 0 fully saturated rings. The van der Waals surface area contributed by atoms with E-state index in [-0.39, 0.29) is 23.3 Å². The fourth-order valence-electron chi connectivity index (χ4n) is 2.55. The number of benzene rings is 1. The summed E-state index contributed by atoms with van der Waals surface area (Å²) >= 11 is 5.74. The minimum absolute atomic E-state index is 0.174. The minimum atomic E-state index is -0.712. The molecule has 0 N–H and O–H groups in total. The van der Waals surface area contributed by atoms with E-state index in [0.29, 0.717) is 17.0 Å². The second-order valence-electron chi connectivity index (χ2n) is 5.51. The van der Waals surface area contributed by atoms with Gasteiger partial charge in [0.05, 0.1) is 31.0 Å². The van der Waals surface area contributed by atoms with E-state index >= 15 is 0 Å². The van der Waals surface area contributed by atoms with Crippen LogP contribution in [0.25, 0.3) is 22.8 Å². The zero-order valence-electron chi connectivity index (χ0n) is 13.2. The van der Waals surface area contributed by atoms with Gasteiger partial charge in [-0.15, -0.1) is 0 Å². The molecule has 0 aliphatic rings. The zero-order chi connectivity index (χ0) is 18.1. The molecule has 1 aromatic carbocycles. The van der Waals surface area contributed by atoms with E-state index in [9.17, 15) is 8.78 Å². The molecule has 0 aliphatic carbocycles. The van der Waals surface area contributed by atoms with Crippen LogP contribution in [0.3, 0.4) is 0 Å². The molecule has 0 spiro atoms. The van der Waals surface area contributed by atoms with Gasteiger partial charge in [0.1, 0.15) is 11.5 Å². The summed E-state index contributed by atoms with van der Waals surface area (Å²) in [5.41, 5.74) is 2.30. The Morgan fingerprint density at radius 3 is 2.69 bits per heavy atom. The van der Waals surface area contributed by atoms with Crippen molar-refractivity contribution in [3.63, 3.8) is 0 Å². The maximum atomic E-state index is 14.0. The number of halogens is 3. The van der Waals surface area contributed by atoms with Crippen LogP contribution in [0, 0.1) is 11.6 Å². The summed E-state index contributed by atoms with van der Waals surface area (Å²) < 4.78 is 34.1. The predicted octanol–water partition coefficient (Wildman–Crippen LogP) is 4.58. The number of rotatable bonds is 4. The highest BCUT2D eigenvalue weighted by atomic mass is 35.5. The fourth-order valence-corrected chi connectivity index (χ4v) is 2.68. The summed E-state index contributed by atoms with van der Waals surface area (Å²) in [7, 11) is 0. The molecule has 0 saturated heterocycles. The summed E-state index contributed by atoms with van der Waals surface area (Å²) in [6.45, 7) is 0.197. The Morgan fingerprint density at radius 1 is 1.12 bits per heavy atom. The Bertz CT molecular complexity index is 1060. The molecular weight excluding hydrogens is 362 g/mol. The molecule has 0 amide bonds. The van der Waals surface area contributed by atoms with Gasteiger partial charge in [0.2, 0.25) is 0 Å². The van der Waals surface area contributed by atoms with Gasteiger partial charge in [-0.3, -0.25) is 4.68 Å². The quantitative estimate of drug-likeness (QED) is 0.492. The van der Waals surface area contributed by atoms with Crippen molar-refractivity contribution in [3.8, 4) is 22.8 Å². The average molecular weight is 373 g/mol. The molecule has 0 unspecified atom stereocenters. The predicted molar refractivity (Wildman–Crippen MR) is 91.4 cm³/mol. The van der Waals surface area contributed by atoms with Gasteiger partial charge < -0.3 is 4.42 Å². The van der Waals surface area contributed by atoms with E-state index < -0.39 is 5.82 Å². The molecule has 3 heterocycles. The molecule has 0 radical (unpaired) electrons. The Hall–Kier alpha value is -3.06. The molecular formula is C18H11ClF2N4O. The first kappa shape index (κ1) is 16.4. The Morgan fingerprint density at radius 2 is 1.96 bits per heavy atom. The summed E-state index contributed by atoms with van der Waals surface area (Å²) in [6.07, 6.45) is 4.07. The lowest BCUT2D eigenvalue weighted by atomic mass is 10.2. The van der Waals surface area contributed by atoms with Crippen LogP contribution in [0.1, 0.15) is 5.56 Å². The molecule has 3 aromatic heterocycles. The molecule has 0 aliphatic heterocycles. The molecule has 8 heteroatoms. The van der Waals surface area contributed by atoms with Gasteiger partial charge in [-0.05, 0) is 18.2 Å². The van der Waals surface area contributed by atoms with Crippen molar-refractivity contribution in [1.29, 1.82) is 0 Å². The third-order valence-corrected chi connectivity index (χ3v) is 4.07. The Kier molecular flexibility index (Phi) is 4.22. The summed E-state index contributed by atoms with van der Waals surface area (Å²) in [5, 5.41) is 4.16. The fraction of sp³-hybridized carbons (Fsp3) is 0.0556. The van der Waals surface area contributed by atoms with Crippen LogP contribution < -0.4 is 0 Å². The van der Waals surface area contributed by atoms with Crippen LogP contribution in [0.2, 0.25) is 5.15 Å². The molecule has 130 valence electrons. The summed E-state index contributed by atoms with van der Waals surface area (Å²) in [4.78, 5) is 7.84. The highest BCUT2D eigenvalue weighted by Gasteiger charge is 2.16. The largest absolute Gasteiger partial charge is 0.472 e. The molecule has 0 atom stereocenters. The van der Waals surface area contributed by atoms with Crippen LogP contribution in [0.5, 0.6) is 0 Å². The van der Waals surface area contributed by atoms with E-state index in [1.807, 2.05) is 0 Å². The first-order chi connectivity index (χ1) is 12.6. The van der Waals surface area contributed by atoms with Crippen molar-refractivity contribution in [2.45, 2.75) is 6.54 Å². The van der Waals surface area contributed by atoms with Crippen LogP contribution in [-0.2, 0) is 6.54 Å². The average Bonchev–Trinajstić information content (AvgIpc) is 3.29. The summed E-state index contributed by atoms with van der Waals surface area (Å²) in [6, 6.07) is 9.93. The number of nitrogens with zero attached hydrogens (tertiary/aromatic N) is 4. The van der Waals surface area contributed by atoms with Crippen LogP contribution >= 0.6 is 11.6 Å². The third kappa shape index (κ3) is 3.09. The van der Waals surface area contributed by atoms with E-state index in [1.165, 1.54) is 12.3 Å². The second-order valence-corrected chi connectivity index (χ2v) is 5.87. The van der Waals surface area contributed by atoms with Crippen molar-refractivity contribution in [2.24, 2.45) is 0 Å². The van der Waals surface area contributed by atoms with Gasteiger partial charge in [-0.1, -0.05) is 29.8 Å². The standard InChI is InChI=1S/C18H11ClF2N4O/c19-17-14(21)8-22-18(23-17)15-7-16(12-5-6-26-10-12)25(24-15)9-11-3-1-2-4-13(11)20/h1-8,10H,9H2. The SMILES string of the molecule is Fc1ccccc1Cn1nc(-c2ncc(F)c(Cl)n2)cc1-c1ccoc1. The number of aromatic nitrogens is 4. The highest BCUT2D eigenvalue weighted by Crippen LogP contribution is 2.27. The molecule has 4 rings (SSSR count). The van der Waals surface area contributed by atoms with Gasteiger partial charge in [0, 0.05) is 11.1 Å². The topological polar surface area (TPSA) is 56.7 Å². The first-order valence-corrected chi connectivity index (χ1v) is 8.02. The van der Waals surface area contributed by atoms with Gasteiger partial charge >= 0.3 is 0 Å². The number of furan rings is 1. The van der Waals surface area contributed by atoms with Gasteiger partial charge in [0.15, 0.2) is 16.8 Å². The zero-order valence-corrected chi connectivity index (χ0v) is 14.0. The number of hydrogen-bond donors (Lipinski definition) is 0. The molecule has 0 saturated carbocycles. The monoisotopic (exact) mass is 372 g/mol. The minimum Gasteiger partial charge on any atom is -0.472 e. The van der Waals surface area contributed by atoms with Crippen LogP contribution in [0.15, 0.2) is 59.5 Å². The van der Waals surface area contributed by atoms with Crippen molar-refractivity contribution in [3.05, 3.63) is 77.5 Å². The molecule has 5 nitrogen and oxygen atoms in total. The van der Waals surface area contributed by atoms with Crippen molar-refractivity contribution >= 4 is 11.6 Å². The lowest BCUT2D eigenvalue weighted by Gasteiger charge is -2.07. The van der Waals surface area contributed by atoms with Gasteiger partial charge in [0.25, 0.3) is 0 Å². The van der Waals surface area contributed by atoms with Crippen molar-refractivity contribution < 1.29 is 13.2 Å². The first-order valence-electron chi connectivity index (χ1n) is 7.64. The normalized spacial score (nSPS) is 11.0. The van der Waals surface area contributed by atoms with E-state index in [0.717, 1.165) is 11.8 Å². The lowest BCUT2D eigenvalue weighted by Crippen LogP contribution is -2.05. The molecule has 26 heavy (non-hydrogen) atoms. The van der Waals surface area contributed by atoms with Gasteiger partial charge in [-0.25, -0.2) is 18.7 Å². The van der Waals surface area contributed by atoms with Crippen LogP contribution in [-0.4, -0.2) is 19.7 Å². The van der Waals surface area contributed by atoms with Crippen molar-refractivity contribution in [1.82, 2.24) is 19.7 Å². The highest BCUT2D eigenvalue weighted by molar-refractivity contribution is 6.29. The smallest absolute Gasteiger partial charge is 0.181 e. The third-order valence-electron chi connectivity index (χ3n) is 3.81. The Balaban J connectivity index is 1.80. The van der Waals surface area contributed by atoms with Gasteiger partial charge in [-0.2, -0.15) is 5.10 Å². The maximum Gasteiger partial charge on any atom is 0.181 e. The maximum absolute atomic E-state index is 14.0. The van der Waals surface area contributed by atoms with E-state index in [1.54, 1.807) is 41.3 Å². The lowest BCUT2D eigenvalue weighted by molar-refractivity contribution is 0.566. The van der Waals surface area contributed by atoms with E-state index in [4.69, 9.17) is 16.0 Å². The summed E-state index contributed by atoms with van der Waals surface area (Å²) in [5.74, 6) is -0.867. The molecule has 0 bridgehead atoms. The second kappa shape index (κ2) is 6.68. The van der Waals surface area contributed by atoms with Crippen LogP contribution in [0.4, 0.5) is 8.78 Å².